The summed E-state index contributed by atoms with van der Waals surface area (Å²) >= 11 is 5.68. The van der Waals surface area contributed by atoms with Gasteiger partial charge in [0.2, 0.25) is 0 Å². The molecule has 0 spiro atoms. The molecule has 0 saturated heterocycles. The van der Waals surface area contributed by atoms with Crippen LogP contribution >= 0.6 is 11.6 Å². The van der Waals surface area contributed by atoms with Gasteiger partial charge in [0.25, 0.3) is 0 Å². The van der Waals surface area contributed by atoms with Gasteiger partial charge in [-0.15, -0.1) is 0 Å². The molecule has 0 aromatic carbocycles. The Bertz CT molecular complexity index is 478. The second-order valence-corrected chi connectivity index (χ2v) is 4.42. The molecule has 18 heavy (non-hydrogen) atoms. The van der Waals surface area contributed by atoms with Gasteiger partial charge in [-0.25, -0.2) is 4.98 Å². The van der Waals surface area contributed by atoms with Crippen molar-refractivity contribution in [3.63, 3.8) is 0 Å². The topological polar surface area (TPSA) is 109 Å². The van der Waals surface area contributed by atoms with Crippen LogP contribution in [0.3, 0.4) is 0 Å². The van der Waals surface area contributed by atoms with Crippen molar-refractivity contribution in [2.45, 2.75) is 19.9 Å². The van der Waals surface area contributed by atoms with E-state index in [0.717, 1.165) is 0 Å². The Morgan fingerprint density at radius 2 is 2.11 bits per heavy atom. The number of aromatic nitrogens is 1. The molecule has 1 atom stereocenters. The molecular formula is C10H12ClN3O4. The van der Waals surface area contributed by atoms with Gasteiger partial charge in [0.1, 0.15) is 6.04 Å². The van der Waals surface area contributed by atoms with Crippen LogP contribution in [0.15, 0.2) is 12.1 Å². The van der Waals surface area contributed by atoms with E-state index >= 15 is 0 Å². The quantitative estimate of drug-likeness (QED) is 0.470. The largest absolute Gasteiger partial charge is 0.546 e. The third-order valence-corrected chi connectivity index (χ3v) is 2.53. The van der Waals surface area contributed by atoms with Gasteiger partial charge >= 0.3 is 11.5 Å². The van der Waals surface area contributed by atoms with Gasteiger partial charge in [-0.2, -0.15) is 0 Å². The number of rotatable bonds is 5. The molecule has 0 aliphatic carbocycles. The lowest BCUT2D eigenvalue weighted by molar-refractivity contribution is -0.409. The highest BCUT2D eigenvalue weighted by Crippen LogP contribution is 2.22. The number of anilines is 1. The number of hydrogen-bond acceptors (Lipinski definition) is 5. The number of pyridine rings is 1. The number of hydrogen-bond donors (Lipinski definition) is 1. The number of carbonyl (C=O) groups excluding carboxylic acids is 1. The van der Waals surface area contributed by atoms with E-state index in [-0.39, 0.29) is 22.6 Å². The highest BCUT2D eigenvalue weighted by atomic mass is 35.5. The molecule has 0 aliphatic heterocycles. The van der Waals surface area contributed by atoms with Crippen LogP contribution in [-0.2, 0) is 4.79 Å². The zero-order chi connectivity index (χ0) is 13.9. The molecule has 1 aromatic rings. The summed E-state index contributed by atoms with van der Waals surface area (Å²) in [5.74, 6) is -1.70. The molecule has 0 unspecified atom stereocenters. The van der Waals surface area contributed by atoms with Gasteiger partial charge in [0.15, 0.2) is 5.15 Å². The highest BCUT2D eigenvalue weighted by Gasteiger charge is 2.27. The minimum absolute atomic E-state index is 0.0598. The van der Waals surface area contributed by atoms with Gasteiger partial charge in [0.05, 0.1) is 10.9 Å². The summed E-state index contributed by atoms with van der Waals surface area (Å²) in [4.78, 5) is 23.6. The van der Waals surface area contributed by atoms with E-state index in [2.05, 4.69) is 10.3 Å². The number of nitrogens with zero attached hydrogens (tertiary/aromatic N) is 1. The second-order valence-electron chi connectivity index (χ2n) is 4.01. The van der Waals surface area contributed by atoms with E-state index in [1.54, 1.807) is 13.8 Å². The minimum atomic E-state index is -1.34. The maximum atomic E-state index is 10.9. The summed E-state index contributed by atoms with van der Waals surface area (Å²) in [5.41, 5.74) is -0.286. The zero-order valence-electron chi connectivity index (χ0n) is 9.77. The summed E-state index contributed by atoms with van der Waals surface area (Å²) in [5, 5.41) is 24.4. The van der Waals surface area contributed by atoms with Crippen LogP contribution in [0.5, 0.6) is 0 Å². The number of nitro groups is 1. The number of aromatic amines is 1. The summed E-state index contributed by atoms with van der Waals surface area (Å²) in [6.45, 7) is 3.31. The molecule has 0 amide bonds. The fraction of sp³-hybridized carbons (Fsp3) is 0.400. The molecule has 1 aromatic heterocycles. The molecule has 0 radical (unpaired) electrons. The Labute approximate surface area is 108 Å². The number of carbonyl (C=O) groups is 1. The first-order chi connectivity index (χ1) is 8.32. The smallest absolute Gasteiger partial charge is 0.357 e. The van der Waals surface area contributed by atoms with E-state index in [9.17, 15) is 20.0 Å². The minimum Gasteiger partial charge on any atom is -0.546 e. The normalized spacial score (nSPS) is 12.2. The summed E-state index contributed by atoms with van der Waals surface area (Å²) in [6, 6.07) is 1.45. The SMILES string of the molecule is CC(C)[C@@H](Nc1[nH+]c(Cl)ccc1[N+](=O)[O-])C(=O)[O-]. The first-order valence-electron chi connectivity index (χ1n) is 5.16. The van der Waals surface area contributed by atoms with E-state index in [1.165, 1.54) is 12.1 Å². The first-order valence-corrected chi connectivity index (χ1v) is 5.54. The van der Waals surface area contributed by atoms with Crippen LogP contribution in [0.1, 0.15) is 13.8 Å². The second kappa shape index (κ2) is 5.63. The van der Waals surface area contributed by atoms with Crippen LogP contribution in [-0.4, -0.2) is 16.9 Å². The molecule has 1 rings (SSSR count). The lowest BCUT2D eigenvalue weighted by Crippen LogP contribution is -2.45. The van der Waals surface area contributed by atoms with Crippen molar-refractivity contribution in [2.24, 2.45) is 5.92 Å². The maximum absolute atomic E-state index is 10.9. The Morgan fingerprint density at radius 3 is 2.56 bits per heavy atom. The lowest BCUT2D eigenvalue weighted by Gasteiger charge is -2.18. The predicted octanol–water partition coefficient (Wildman–Crippen LogP) is 0.249. The van der Waals surface area contributed by atoms with Crippen LogP contribution in [0.4, 0.5) is 11.5 Å². The third-order valence-electron chi connectivity index (χ3n) is 2.31. The molecule has 1 heterocycles. The van der Waals surface area contributed by atoms with Crippen molar-refractivity contribution < 1.29 is 19.8 Å². The number of halogens is 1. The Morgan fingerprint density at radius 1 is 1.50 bits per heavy atom. The van der Waals surface area contributed by atoms with E-state index in [1.807, 2.05) is 0 Å². The first kappa shape index (κ1) is 14.2. The summed E-state index contributed by atoms with van der Waals surface area (Å²) in [7, 11) is 0. The van der Waals surface area contributed by atoms with Crippen LogP contribution in [0.2, 0.25) is 5.15 Å². The van der Waals surface area contributed by atoms with Crippen molar-refractivity contribution in [3.05, 3.63) is 27.4 Å². The molecule has 0 saturated carbocycles. The molecule has 0 aliphatic rings. The number of aliphatic carboxylic acids is 1. The average molecular weight is 274 g/mol. The Kier molecular flexibility index (Phi) is 4.43. The molecule has 98 valence electrons. The Balaban J connectivity index is 3.12. The molecular weight excluding hydrogens is 262 g/mol. The van der Waals surface area contributed by atoms with Crippen LogP contribution in [0, 0.1) is 16.0 Å². The predicted molar refractivity (Wildman–Crippen MR) is 61.9 cm³/mol. The van der Waals surface area contributed by atoms with Gasteiger partial charge in [0, 0.05) is 12.1 Å². The fourth-order valence-electron chi connectivity index (χ4n) is 1.38. The van der Waals surface area contributed by atoms with E-state index in [4.69, 9.17) is 11.6 Å². The van der Waals surface area contributed by atoms with Crippen molar-refractivity contribution in [2.75, 3.05) is 5.32 Å². The third kappa shape index (κ3) is 3.30. The highest BCUT2D eigenvalue weighted by molar-refractivity contribution is 6.28. The summed E-state index contributed by atoms with van der Waals surface area (Å²) < 4.78 is 0. The lowest BCUT2D eigenvalue weighted by atomic mass is 10.0. The fourth-order valence-corrected chi connectivity index (χ4v) is 1.53. The van der Waals surface area contributed by atoms with Crippen molar-refractivity contribution in [1.82, 2.24) is 0 Å². The van der Waals surface area contributed by atoms with Gasteiger partial charge < -0.3 is 9.90 Å². The van der Waals surface area contributed by atoms with E-state index < -0.39 is 16.9 Å². The monoisotopic (exact) mass is 273 g/mol. The van der Waals surface area contributed by atoms with Gasteiger partial charge in [-0.1, -0.05) is 13.8 Å². The molecule has 2 N–H and O–H groups in total. The molecule has 8 heteroatoms. The molecule has 0 fully saturated rings. The van der Waals surface area contributed by atoms with Crippen LogP contribution < -0.4 is 15.4 Å². The Hall–Kier alpha value is -1.89. The standard InChI is InChI=1S/C10H12ClN3O4/c1-5(2)8(10(15)16)13-9-6(14(17)18)3-4-7(11)12-9/h3-5,8H,1-2H3,(H,12,13)(H,15,16)/t8-/m1/s1. The number of carboxylic acid groups (broad SMARTS) is 1. The number of nitrogens with one attached hydrogen (secondary N) is 2. The number of carboxylic acids is 1. The van der Waals surface area contributed by atoms with Gasteiger partial charge in [-0.3, -0.25) is 15.4 Å². The summed E-state index contributed by atoms with van der Waals surface area (Å²) in [6.07, 6.45) is 0. The van der Waals surface area contributed by atoms with Gasteiger partial charge in [-0.05, 0) is 17.5 Å². The molecule has 7 nitrogen and oxygen atoms in total. The molecule has 0 bridgehead atoms. The van der Waals surface area contributed by atoms with E-state index in [0.29, 0.717) is 0 Å². The number of H-pyrrole nitrogens is 1. The average Bonchev–Trinajstić information content (AvgIpc) is 2.24. The van der Waals surface area contributed by atoms with Crippen molar-refractivity contribution >= 4 is 29.1 Å². The zero-order valence-corrected chi connectivity index (χ0v) is 10.5. The van der Waals surface area contributed by atoms with Crippen molar-refractivity contribution in [3.8, 4) is 0 Å². The van der Waals surface area contributed by atoms with Crippen molar-refractivity contribution in [1.29, 1.82) is 0 Å². The van der Waals surface area contributed by atoms with Crippen LogP contribution in [0.25, 0.3) is 0 Å². The maximum Gasteiger partial charge on any atom is 0.357 e.